The molecule has 0 spiro atoms. The first-order valence-electron chi connectivity index (χ1n) is 12.8. The fraction of sp³-hybridized carbons (Fsp3) is 0.0882. The topological polar surface area (TPSA) is 22.8 Å². The maximum absolute atomic E-state index is 4.87. The summed E-state index contributed by atoms with van der Waals surface area (Å²) in [5.41, 5.74) is 11.2. The molecule has 0 radical (unpaired) electrons. The van der Waals surface area contributed by atoms with Crippen molar-refractivity contribution < 1.29 is 0 Å². The SMILES string of the molecule is CC1(C)c2ccccc2-c2c1ccc1c2cnn1-c1ccc(-n2c3ccccc3c3ccccc32)cc1. The highest BCUT2D eigenvalue weighted by Crippen LogP contribution is 2.51. The molecule has 0 atom stereocenters. The van der Waals surface area contributed by atoms with E-state index in [0.717, 1.165) is 16.9 Å². The summed E-state index contributed by atoms with van der Waals surface area (Å²) in [6.45, 7) is 4.64. The molecule has 0 fully saturated rings. The lowest BCUT2D eigenvalue weighted by molar-refractivity contribution is 0.661. The van der Waals surface area contributed by atoms with Gasteiger partial charge in [0.15, 0.2) is 0 Å². The molecule has 0 unspecified atom stereocenters. The predicted molar refractivity (Wildman–Crippen MR) is 153 cm³/mol. The standard InChI is InChI=1S/C34H25N3/c1-34(2)28-12-6-3-11-26(28)33-27-21-35-37(32(27)20-19-29(33)34)23-17-15-22(16-18-23)36-30-13-7-4-9-24(30)25-10-5-8-14-31(25)36/h3-21H,1-2H3. The number of nitrogens with zero attached hydrogens (tertiary/aromatic N) is 3. The van der Waals surface area contributed by atoms with Crippen molar-refractivity contribution in [3.05, 3.63) is 127 Å². The molecule has 0 aliphatic heterocycles. The highest BCUT2D eigenvalue weighted by molar-refractivity contribution is 6.09. The van der Waals surface area contributed by atoms with Crippen LogP contribution in [0, 0.1) is 0 Å². The van der Waals surface area contributed by atoms with E-state index in [1.165, 1.54) is 49.4 Å². The Balaban J connectivity index is 1.28. The molecule has 176 valence electrons. The molecule has 1 aliphatic carbocycles. The average molecular weight is 476 g/mol. The smallest absolute Gasteiger partial charge is 0.0747 e. The van der Waals surface area contributed by atoms with E-state index in [4.69, 9.17) is 5.10 Å². The summed E-state index contributed by atoms with van der Waals surface area (Å²) in [5.74, 6) is 0. The zero-order chi connectivity index (χ0) is 24.7. The molecule has 0 saturated heterocycles. The Morgan fingerprint density at radius 1 is 0.541 bits per heavy atom. The molecule has 8 rings (SSSR count). The maximum Gasteiger partial charge on any atom is 0.0747 e. The van der Waals surface area contributed by atoms with Crippen molar-refractivity contribution in [3.8, 4) is 22.5 Å². The molecule has 5 aromatic carbocycles. The van der Waals surface area contributed by atoms with E-state index >= 15 is 0 Å². The Morgan fingerprint density at radius 2 is 1.16 bits per heavy atom. The zero-order valence-corrected chi connectivity index (χ0v) is 20.8. The van der Waals surface area contributed by atoms with Crippen LogP contribution in [0.25, 0.3) is 55.2 Å². The number of hydrogen-bond acceptors (Lipinski definition) is 1. The molecule has 1 aliphatic rings. The molecular formula is C34H25N3. The van der Waals surface area contributed by atoms with Crippen LogP contribution in [0.2, 0.25) is 0 Å². The van der Waals surface area contributed by atoms with Gasteiger partial charge < -0.3 is 4.57 Å². The lowest BCUT2D eigenvalue weighted by Gasteiger charge is -2.21. The maximum atomic E-state index is 4.87. The first kappa shape index (κ1) is 20.6. The summed E-state index contributed by atoms with van der Waals surface area (Å²) in [4.78, 5) is 0. The number of rotatable bonds is 2. The van der Waals surface area contributed by atoms with Gasteiger partial charge in [-0.05, 0) is 64.7 Å². The molecule has 0 N–H and O–H groups in total. The Labute approximate surface area is 215 Å². The molecule has 0 amide bonds. The molecule has 3 heteroatoms. The summed E-state index contributed by atoms with van der Waals surface area (Å²) in [7, 11) is 0. The van der Waals surface area contributed by atoms with E-state index < -0.39 is 0 Å². The third-order valence-corrected chi connectivity index (χ3v) is 8.23. The second-order valence-corrected chi connectivity index (χ2v) is 10.5. The number of aromatic nitrogens is 3. The third kappa shape index (κ3) is 2.69. The van der Waals surface area contributed by atoms with Gasteiger partial charge in [0, 0.05) is 27.3 Å². The number of para-hydroxylation sites is 2. The lowest BCUT2D eigenvalue weighted by atomic mass is 9.82. The van der Waals surface area contributed by atoms with E-state index in [9.17, 15) is 0 Å². The zero-order valence-electron chi connectivity index (χ0n) is 20.8. The van der Waals surface area contributed by atoms with Crippen LogP contribution in [0.5, 0.6) is 0 Å². The second-order valence-electron chi connectivity index (χ2n) is 10.5. The van der Waals surface area contributed by atoms with Gasteiger partial charge in [0.25, 0.3) is 0 Å². The normalized spacial score (nSPS) is 13.9. The Bertz CT molecular complexity index is 1950. The van der Waals surface area contributed by atoms with Gasteiger partial charge in [0.05, 0.1) is 28.4 Å². The summed E-state index contributed by atoms with van der Waals surface area (Å²) in [5, 5.41) is 8.63. The summed E-state index contributed by atoms with van der Waals surface area (Å²) in [6.07, 6.45) is 2.03. The van der Waals surface area contributed by atoms with Gasteiger partial charge in [-0.25, -0.2) is 4.68 Å². The molecule has 0 bridgehead atoms. The van der Waals surface area contributed by atoms with E-state index in [2.05, 4.69) is 132 Å². The highest BCUT2D eigenvalue weighted by atomic mass is 15.3. The minimum absolute atomic E-state index is 0.00776. The molecule has 2 aromatic heterocycles. The molecule has 7 aromatic rings. The third-order valence-electron chi connectivity index (χ3n) is 8.23. The van der Waals surface area contributed by atoms with Crippen molar-refractivity contribution in [1.82, 2.24) is 14.3 Å². The molecular weight excluding hydrogens is 450 g/mol. The van der Waals surface area contributed by atoms with Crippen LogP contribution in [0.4, 0.5) is 0 Å². The largest absolute Gasteiger partial charge is 0.309 e. The first-order chi connectivity index (χ1) is 18.1. The summed E-state index contributed by atoms with van der Waals surface area (Å²) in [6, 6.07) is 39.3. The van der Waals surface area contributed by atoms with Gasteiger partial charge in [-0.1, -0.05) is 80.6 Å². The summed E-state index contributed by atoms with van der Waals surface area (Å²) < 4.78 is 4.42. The van der Waals surface area contributed by atoms with E-state index in [1.54, 1.807) is 0 Å². The Hall–Kier alpha value is -4.63. The van der Waals surface area contributed by atoms with E-state index in [1.807, 2.05) is 6.20 Å². The minimum atomic E-state index is -0.00776. The second kappa shape index (κ2) is 7.21. The van der Waals surface area contributed by atoms with Crippen LogP contribution in [-0.2, 0) is 5.41 Å². The summed E-state index contributed by atoms with van der Waals surface area (Å²) >= 11 is 0. The Kier molecular flexibility index (Phi) is 4.00. The van der Waals surface area contributed by atoms with Crippen LogP contribution in [0.3, 0.4) is 0 Å². The fourth-order valence-corrected chi connectivity index (χ4v) is 6.45. The van der Waals surface area contributed by atoms with Crippen LogP contribution >= 0.6 is 0 Å². The first-order valence-corrected chi connectivity index (χ1v) is 12.8. The van der Waals surface area contributed by atoms with Crippen LogP contribution in [0.1, 0.15) is 25.0 Å². The van der Waals surface area contributed by atoms with Gasteiger partial charge in [0.1, 0.15) is 0 Å². The lowest BCUT2D eigenvalue weighted by Crippen LogP contribution is -2.14. The predicted octanol–water partition coefficient (Wildman–Crippen LogP) is 8.43. The monoisotopic (exact) mass is 475 g/mol. The number of benzene rings is 5. The van der Waals surface area contributed by atoms with Crippen molar-refractivity contribution in [1.29, 1.82) is 0 Å². The quantitative estimate of drug-likeness (QED) is 0.246. The van der Waals surface area contributed by atoms with Gasteiger partial charge in [-0.15, -0.1) is 0 Å². The van der Waals surface area contributed by atoms with Gasteiger partial charge in [-0.2, -0.15) is 5.10 Å². The molecule has 0 saturated carbocycles. The van der Waals surface area contributed by atoms with Crippen molar-refractivity contribution in [3.63, 3.8) is 0 Å². The van der Waals surface area contributed by atoms with Crippen LogP contribution < -0.4 is 0 Å². The van der Waals surface area contributed by atoms with Gasteiger partial charge in [0.2, 0.25) is 0 Å². The van der Waals surface area contributed by atoms with Crippen molar-refractivity contribution >= 4 is 32.7 Å². The van der Waals surface area contributed by atoms with E-state index in [-0.39, 0.29) is 5.41 Å². The van der Waals surface area contributed by atoms with Crippen molar-refractivity contribution in [2.75, 3.05) is 0 Å². The number of fused-ring (bicyclic) bond motifs is 8. The fourth-order valence-electron chi connectivity index (χ4n) is 6.45. The van der Waals surface area contributed by atoms with Crippen LogP contribution in [0.15, 0.2) is 115 Å². The van der Waals surface area contributed by atoms with Crippen LogP contribution in [-0.4, -0.2) is 14.3 Å². The number of hydrogen-bond donors (Lipinski definition) is 0. The van der Waals surface area contributed by atoms with Gasteiger partial charge in [-0.3, -0.25) is 0 Å². The Morgan fingerprint density at radius 3 is 1.89 bits per heavy atom. The minimum Gasteiger partial charge on any atom is -0.309 e. The highest BCUT2D eigenvalue weighted by Gasteiger charge is 2.36. The van der Waals surface area contributed by atoms with Crippen molar-refractivity contribution in [2.45, 2.75) is 19.3 Å². The van der Waals surface area contributed by atoms with Gasteiger partial charge >= 0.3 is 0 Å². The average Bonchev–Trinajstić information content (AvgIpc) is 3.58. The molecule has 37 heavy (non-hydrogen) atoms. The van der Waals surface area contributed by atoms with E-state index in [0.29, 0.717) is 0 Å². The van der Waals surface area contributed by atoms with Crippen molar-refractivity contribution in [2.24, 2.45) is 0 Å². The molecule has 3 nitrogen and oxygen atoms in total. The molecule has 2 heterocycles.